The van der Waals surface area contributed by atoms with E-state index in [1.165, 1.54) is 7.11 Å². The van der Waals surface area contributed by atoms with Crippen molar-refractivity contribution in [2.24, 2.45) is 5.73 Å². The van der Waals surface area contributed by atoms with Gasteiger partial charge in [-0.3, -0.25) is 4.79 Å². The molecular weight excluding hydrogens is 194 g/mol. The van der Waals surface area contributed by atoms with Crippen LogP contribution in [0.15, 0.2) is 0 Å². The lowest BCUT2D eigenvalue weighted by molar-refractivity contribution is -0.157. The van der Waals surface area contributed by atoms with Crippen molar-refractivity contribution in [3.8, 4) is 0 Å². The summed E-state index contributed by atoms with van der Waals surface area (Å²) in [4.78, 5) is 11.1. The summed E-state index contributed by atoms with van der Waals surface area (Å²) in [6, 6.07) is -0.686. The first kappa shape index (κ1) is 15.2. The van der Waals surface area contributed by atoms with Gasteiger partial charge in [0.15, 0.2) is 0 Å². The fourth-order valence-electron chi connectivity index (χ4n) is 0.625. The minimum atomic E-state index is -0.686. The molecule has 13 heavy (non-hydrogen) atoms. The number of halogens is 1. The fourth-order valence-corrected chi connectivity index (χ4v) is 0.625. The van der Waals surface area contributed by atoms with E-state index in [9.17, 15) is 4.79 Å². The van der Waals surface area contributed by atoms with Crippen LogP contribution in [0, 0.1) is 0 Å². The lowest BCUT2D eigenvalue weighted by atomic mass is 10.2. The number of esters is 1. The molecule has 2 N–H and O–H groups in total. The van der Waals surface area contributed by atoms with Crippen molar-refractivity contribution in [2.45, 2.75) is 32.4 Å². The van der Waals surface area contributed by atoms with Crippen LogP contribution in [-0.4, -0.2) is 31.3 Å². The molecule has 0 aromatic rings. The molecule has 0 fully saturated rings. The van der Waals surface area contributed by atoms with E-state index in [4.69, 9.17) is 15.2 Å². The van der Waals surface area contributed by atoms with Crippen molar-refractivity contribution in [1.82, 2.24) is 0 Å². The monoisotopic (exact) mass is 211 g/mol. The Balaban J connectivity index is 0. The highest BCUT2D eigenvalue weighted by Gasteiger charge is 2.21. The normalized spacial score (nSPS) is 13.0. The van der Waals surface area contributed by atoms with Gasteiger partial charge in [-0.15, -0.1) is 12.4 Å². The molecule has 0 aliphatic heterocycles. The van der Waals surface area contributed by atoms with E-state index in [-0.39, 0.29) is 19.0 Å². The zero-order chi connectivity index (χ0) is 9.78. The highest BCUT2D eigenvalue weighted by molar-refractivity contribution is 5.85. The number of hydrogen-bond donors (Lipinski definition) is 1. The van der Waals surface area contributed by atoms with Gasteiger partial charge in [0.2, 0.25) is 0 Å². The number of rotatable bonds is 3. The lowest BCUT2D eigenvalue weighted by Crippen LogP contribution is -2.40. The number of ether oxygens (including phenoxy) is 2. The maximum absolute atomic E-state index is 11.1. The molecule has 0 aliphatic carbocycles. The standard InChI is InChI=1S/C8H17NO3.ClH/c1-8(2,3)12-7(10)6(9)5-11-4;/h6H,5,9H2,1-4H3;1H/t6-;/m0./s1. The molecule has 0 rings (SSSR count). The number of carbonyl (C=O) groups excluding carboxylic acids is 1. The van der Waals surface area contributed by atoms with Crippen molar-refractivity contribution in [1.29, 1.82) is 0 Å². The van der Waals surface area contributed by atoms with Crippen LogP contribution in [0.4, 0.5) is 0 Å². The molecule has 0 aromatic carbocycles. The molecule has 0 saturated heterocycles. The van der Waals surface area contributed by atoms with Crippen LogP contribution in [0.1, 0.15) is 20.8 Å². The maximum Gasteiger partial charge on any atom is 0.325 e. The number of hydrogen-bond acceptors (Lipinski definition) is 4. The molecule has 0 bridgehead atoms. The fraction of sp³-hybridized carbons (Fsp3) is 0.875. The summed E-state index contributed by atoms with van der Waals surface area (Å²) in [5.41, 5.74) is 4.95. The van der Waals surface area contributed by atoms with Crippen molar-refractivity contribution >= 4 is 18.4 Å². The predicted molar refractivity (Wildman–Crippen MR) is 52.9 cm³/mol. The van der Waals surface area contributed by atoms with Gasteiger partial charge in [-0.05, 0) is 20.8 Å². The highest BCUT2D eigenvalue weighted by Crippen LogP contribution is 2.07. The second-order valence-electron chi connectivity index (χ2n) is 3.60. The second-order valence-corrected chi connectivity index (χ2v) is 3.60. The van der Waals surface area contributed by atoms with Crippen LogP contribution in [0.25, 0.3) is 0 Å². The Labute approximate surface area is 85.2 Å². The molecule has 5 heteroatoms. The maximum atomic E-state index is 11.1. The smallest absolute Gasteiger partial charge is 0.325 e. The summed E-state index contributed by atoms with van der Waals surface area (Å²) in [6.07, 6.45) is 0. The Kier molecular flexibility index (Phi) is 7.21. The Hall–Kier alpha value is -0.320. The third-order valence-corrected chi connectivity index (χ3v) is 1.06. The number of nitrogens with two attached hydrogens (primary N) is 1. The van der Waals surface area contributed by atoms with Crippen molar-refractivity contribution in [3.05, 3.63) is 0 Å². The summed E-state index contributed by atoms with van der Waals surface area (Å²) < 4.78 is 9.72. The molecule has 0 amide bonds. The number of methoxy groups -OCH3 is 1. The second kappa shape index (κ2) is 6.18. The predicted octanol–water partition coefficient (Wildman–Crippen LogP) is 0.724. The third-order valence-electron chi connectivity index (χ3n) is 1.06. The van der Waals surface area contributed by atoms with Crippen molar-refractivity contribution in [2.75, 3.05) is 13.7 Å². The van der Waals surface area contributed by atoms with Gasteiger partial charge in [-0.1, -0.05) is 0 Å². The van der Waals surface area contributed by atoms with Crippen LogP contribution in [0.3, 0.4) is 0 Å². The largest absolute Gasteiger partial charge is 0.459 e. The highest BCUT2D eigenvalue weighted by atomic mass is 35.5. The SMILES string of the molecule is COC[C@H](N)C(=O)OC(C)(C)C.Cl. The van der Waals surface area contributed by atoms with E-state index in [1.54, 1.807) is 20.8 Å². The molecule has 0 saturated carbocycles. The van der Waals surface area contributed by atoms with Gasteiger partial charge in [0.1, 0.15) is 11.6 Å². The number of carbonyl (C=O) groups is 1. The van der Waals surface area contributed by atoms with Crippen LogP contribution < -0.4 is 5.73 Å². The molecule has 0 unspecified atom stereocenters. The zero-order valence-electron chi connectivity index (χ0n) is 8.49. The van der Waals surface area contributed by atoms with Gasteiger partial charge < -0.3 is 15.2 Å². The summed E-state index contributed by atoms with van der Waals surface area (Å²) in [7, 11) is 1.49. The van der Waals surface area contributed by atoms with Gasteiger partial charge in [-0.2, -0.15) is 0 Å². The topological polar surface area (TPSA) is 61.5 Å². The Morgan fingerprint density at radius 1 is 1.46 bits per heavy atom. The molecule has 0 heterocycles. The summed E-state index contributed by atoms with van der Waals surface area (Å²) in [5.74, 6) is -0.427. The summed E-state index contributed by atoms with van der Waals surface area (Å²) in [5, 5.41) is 0. The minimum Gasteiger partial charge on any atom is -0.459 e. The molecule has 1 atom stereocenters. The van der Waals surface area contributed by atoms with E-state index < -0.39 is 17.6 Å². The van der Waals surface area contributed by atoms with Crippen molar-refractivity contribution < 1.29 is 14.3 Å². The van der Waals surface area contributed by atoms with Gasteiger partial charge in [0.25, 0.3) is 0 Å². The van der Waals surface area contributed by atoms with E-state index in [0.29, 0.717) is 0 Å². The van der Waals surface area contributed by atoms with Crippen molar-refractivity contribution in [3.63, 3.8) is 0 Å². The minimum absolute atomic E-state index is 0. The van der Waals surface area contributed by atoms with Crippen LogP contribution in [0.5, 0.6) is 0 Å². The first-order valence-corrected chi connectivity index (χ1v) is 3.84. The van der Waals surface area contributed by atoms with E-state index in [0.717, 1.165) is 0 Å². The zero-order valence-corrected chi connectivity index (χ0v) is 9.31. The summed E-state index contributed by atoms with van der Waals surface area (Å²) >= 11 is 0. The Morgan fingerprint density at radius 3 is 2.23 bits per heavy atom. The quantitative estimate of drug-likeness (QED) is 0.699. The molecule has 4 nitrogen and oxygen atoms in total. The van der Waals surface area contributed by atoms with Crippen LogP contribution in [-0.2, 0) is 14.3 Å². The summed E-state index contributed by atoms with van der Waals surface area (Å²) in [6.45, 7) is 5.58. The molecule has 80 valence electrons. The van der Waals surface area contributed by atoms with E-state index >= 15 is 0 Å². The van der Waals surface area contributed by atoms with Crippen LogP contribution >= 0.6 is 12.4 Å². The van der Waals surface area contributed by atoms with Gasteiger partial charge >= 0.3 is 5.97 Å². The molecule has 0 radical (unpaired) electrons. The third kappa shape index (κ3) is 8.02. The van der Waals surface area contributed by atoms with Gasteiger partial charge in [-0.25, -0.2) is 0 Å². The molecule has 0 spiro atoms. The first-order valence-electron chi connectivity index (χ1n) is 3.84. The molecular formula is C8H18ClNO3. The van der Waals surface area contributed by atoms with Gasteiger partial charge in [0.05, 0.1) is 6.61 Å². The molecule has 0 aliphatic rings. The van der Waals surface area contributed by atoms with Gasteiger partial charge in [0, 0.05) is 7.11 Å². The van der Waals surface area contributed by atoms with Crippen LogP contribution in [0.2, 0.25) is 0 Å². The first-order chi connectivity index (χ1) is 5.37. The van der Waals surface area contributed by atoms with E-state index in [1.807, 2.05) is 0 Å². The lowest BCUT2D eigenvalue weighted by Gasteiger charge is -2.21. The Morgan fingerprint density at radius 2 is 1.92 bits per heavy atom. The average molecular weight is 212 g/mol. The van der Waals surface area contributed by atoms with E-state index in [2.05, 4.69) is 0 Å². The average Bonchev–Trinajstić information content (AvgIpc) is 1.84. The Bertz CT molecular complexity index is 156. The molecule has 0 aromatic heterocycles.